The smallest absolute Gasteiger partial charge is 0.255 e. The van der Waals surface area contributed by atoms with Gasteiger partial charge in [0, 0.05) is 5.54 Å². The predicted molar refractivity (Wildman–Crippen MR) is 64.7 cm³/mol. The molecule has 0 unspecified atom stereocenters. The number of phenols is 1. The van der Waals surface area contributed by atoms with Crippen LogP contribution in [0, 0.1) is 6.92 Å². The van der Waals surface area contributed by atoms with Crippen LogP contribution in [0.25, 0.3) is 0 Å². The Morgan fingerprint density at radius 1 is 1.44 bits per heavy atom. The first-order valence-corrected chi connectivity index (χ1v) is 5.48. The molecular formula is C13H19NO2. The summed E-state index contributed by atoms with van der Waals surface area (Å²) in [7, 11) is 0. The van der Waals surface area contributed by atoms with Gasteiger partial charge in [0.2, 0.25) is 0 Å². The lowest BCUT2D eigenvalue weighted by Gasteiger charge is -2.24. The van der Waals surface area contributed by atoms with E-state index in [2.05, 4.69) is 5.32 Å². The molecule has 0 saturated heterocycles. The molecule has 88 valence electrons. The van der Waals surface area contributed by atoms with Crippen LogP contribution in [0.4, 0.5) is 0 Å². The van der Waals surface area contributed by atoms with Crippen LogP contribution in [0.1, 0.15) is 43.1 Å². The molecule has 16 heavy (non-hydrogen) atoms. The van der Waals surface area contributed by atoms with E-state index in [1.807, 2.05) is 20.8 Å². The minimum atomic E-state index is -0.257. The van der Waals surface area contributed by atoms with Gasteiger partial charge in [-0.25, -0.2) is 0 Å². The zero-order chi connectivity index (χ0) is 12.3. The summed E-state index contributed by atoms with van der Waals surface area (Å²) in [6.07, 6.45) is 0.839. The summed E-state index contributed by atoms with van der Waals surface area (Å²) in [4.78, 5) is 11.9. The maximum absolute atomic E-state index is 11.9. The van der Waals surface area contributed by atoms with Crippen LogP contribution >= 0.6 is 0 Å². The minimum Gasteiger partial charge on any atom is -0.507 e. The highest BCUT2D eigenvalue weighted by Crippen LogP contribution is 2.22. The molecule has 0 aliphatic heterocycles. The third-order valence-corrected chi connectivity index (χ3v) is 2.82. The van der Waals surface area contributed by atoms with Crippen molar-refractivity contribution in [3.8, 4) is 5.75 Å². The summed E-state index contributed by atoms with van der Waals surface area (Å²) in [6.45, 7) is 7.70. The highest BCUT2D eigenvalue weighted by atomic mass is 16.3. The first-order valence-electron chi connectivity index (χ1n) is 5.48. The molecule has 1 aromatic carbocycles. The number of carbonyl (C=O) groups excluding carboxylic acids is 1. The van der Waals surface area contributed by atoms with Gasteiger partial charge in [-0.15, -0.1) is 0 Å². The number of para-hydroxylation sites is 1. The van der Waals surface area contributed by atoms with Crippen LogP contribution in [-0.4, -0.2) is 16.6 Å². The predicted octanol–water partition coefficient (Wildman–Crippen LogP) is 2.62. The number of nitrogens with one attached hydrogen (secondary N) is 1. The van der Waals surface area contributed by atoms with Gasteiger partial charge in [-0.05, 0) is 38.8 Å². The highest BCUT2D eigenvalue weighted by molar-refractivity contribution is 5.97. The number of hydrogen-bond acceptors (Lipinski definition) is 2. The van der Waals surface area contributed by atoms with E-state index in [1.54, 1.807) is 25.1 Å². The molecule has 3 heteroatoms. The molecule has 0 aliphatic rings. The standard InChI is InChI=1S/C13H19NO2/c1-5-13(3,4)14-12(16)10-8-6-7-9(2)11(10)15/h6-8,15H,5H2,1-4H3,(H,14,16). The van der Waals surface area contributed by atoms with Crippen molar-refractivity contribution in [1.29, 1.82) is 0 Å². The molecule has 0 aliphatic carbocycles. The van der Waals surface area contributed by atoms with Crippen molar-refractivity contribution in [2.75, 3.05) is 0 Å². The quantitative estimate of drug-likeness (QED) is 0.824. The number of benzene rings is 1. The van der Waals surface area contributed by atoms with E-state index in [9.17, 15) is 9.90 Å². The Bertz CT molecular complexity index is 397. The Kier molecular flexibility index (Phi) is 3.58. The van der Waals surface area contributed by atoms with Crippen LogP contribution < -0.4 is 5.32 Å². The molecule has 0 saturated carbocycles. The van der Waals surface area contributed by atoms with Crippen molar-refractivity contribution in [2.24, 2.45) is 0 Å². The summed E-state index contributed by atoms with van der Waals surface area (Å²) >= 11 is 0. The average molecular weight is 221 g/mol. The molecule has 0 fully saturated rings. The molecular weight excluding hydrogens is 202 g/mol. The fraction of sp³-hybridized carbons (Fsp3) is 0.462. The van der Waals surface area contributed by atoms with Gasteiger partial charge in [0.25, 0.3) is 5.91 Å². The number of aromatic hydroxyl groups is 1. The number of aryl methyl sites for hydroxylation is 1. The zero-order valence-corrected chi connectivity index (χ0v) is 10.3. The maximum atomic E-state index is 11.9. The van der Waals surface area contributed by atoms with Crippen molar-refractivity contribution in [3.63, 3.8) is 0 Å². The van der Waals surface area contributed by atoms with Gasteiger partial charge in [-0.3, -0.25) is 4.79 Å². The number of amides is 1. The molecule has 1 aromatic rings. The third-order valence-electron chi connectivity index (χ3n) is 2.82. The summed E-state index contributed by atoms with van der Waals surface area (Å²) in [6, 6.07) is 5.17. The summed E-state index contributed by atoms with van der Waals surface area (Å²) in [5.41, 5.74) is 0.788. The molecule has 2 N–H and O–H groups in total. The molecule has 0 heterocycles. The van der Waals surface area contributed by atoms with E-state index in [-0.39, 0.29) is 17.2 Å². The van der Waals surface area contributed by atoms with E-state index in [0.29, 0.717) is 11.1 Å². The molecule has 0 radical (unpaired) electrons. The summed E-state index contributed by atoms with van der Waals surface area (Å²) in [5, 5.41) is 12.7. The number of carbonyl (C=O) groups is 1. The normalized spacial score (nSPS) is 11.2. The SMILES string of the molecule is CCC(C)(C)NC(=O)c1cccc(C)c1O. The van der Waals surface area contributed by atoms with E-state index in [1.165, 1.54) is 0 Å². The topological polar surface area (TPSA) is 49.3 Å². The van der Waals surface area contributed by atoms with E-state index in [4.69, 9.17) is 0 Å². The number of rotatable bonds is 3. The van der Waals surface area contributed by atoms with Crippen molar-refractivity contribution in [3.05, 3.63) is 29.3 Å². The van der Waals surface area contributed by atoms with Gasteiger partial charge >= 0.3 is 0 Å². The molecule has 3 nitrogen and oxygen atoms in total. The molecule has 0 aromatic heterocycles. The lowest BCUT2D eigenvalue weighted by molar-refractivity contribution is 0.0908. The summed E-state index contributed by atoms with van der Waals surface area (Å²) in [5.74, 6) is -0.167. The second kappa shape index (κ2) is 4.56. The largest absolute Gasteiger partial charge is 0.507 e. The lowest BCUT2D eigenvalue weighted by atomic mass is 10.0. The third kappa shape index (κ3) is 2.75. The molecule has 0 spiro atoms. The molecule has 0 bridgehead atoms. The number of phenolic OH excluding ortho intramolecular Hbond substituents is 1. The van der Waals surface area contributed by atoms with Crippen LogP contribution in [0.5, 0.6) is 5.75 Å². The monoisotopic (exact) mass is 221 g/mol. The van der Waals surface area contributed by atoms with E-state index >= 15 is 0 Å². The number of hydrogen-bond donors (Lipinski definition) is 2. The van der Waals surface area contributed by atoms with Crippen molar-refractivity contribution in [1.82, 2.24) is 5.32 Å². The van der Waals surface area contributed by atoms with Gasteiger partial charge in [0.1, 0.15) is 5.75 Å². The van der Waals surface area contributed by atoms with Crippen LogP contribution in [-0.2, 0) is 0 Å². The highest BCUT2D eigenvalue weighted by Gasteiger charge is 2.20. The Balaban J connectivity index is 2.94. The van der Waals surface area contributed by atoms with E-state index < -0.39 is 0 Å². The fourth-order valence-corrected chi connectivity index (χ4v) is 1.31. The fourth-order valence-electron chi connectivity index (χ4n) is 1.31. The van der Waals surface area contributed by atoms with Gasteiger partial charge in [0.05, 0.1) is 5.56 Å². The van der Waals surface area contributed by atoms with Crippen LogP contribution in [0.3, 0.4) is 0 Å². The summed E-state index contributed by atoms with van der Waals surface area (Å²) < 4.78 is 0. The molecule has 1 rings (SSSR count). The zero-order valence-electron chi connectivity index (χ0n) is 10.3. The second-order valence-electron chi connectivity index (χ2n) is 4.66. The average Bonchev–Trinajstić information content (AvgIpc) is 2.21. The Morgan fingerprint density at radius 3 is 2.62 bits per heavy atom. The van der Waals surface area contributed by atoms with Crippen molar-refractivity contribution in [2.45, 2.75) is 39.7 Å². The van der Waals surface area contributed by atoms with Gasteiger partial charge in [-0.2, -0.15) is 0 Å². The first kappa shape index (κ1) is 12.6. The Labute approximate surface area is 96.5 Å². The van der Waals surface area contributed by atoms with Gasteiger partial charge in [-0.1, -0.05) is 19.1 Å². The van der Waals surface area contributed by atoms with Gasteiger partial charge in [0.15, 0.2) is 0 Å². The minimum absolute atomic E-state index is 0.0619. The molecule has 1 amide bonds. The van der Waals surface area contributed by atoms with Crippen LogP contribution in [0.2, 0.25) is 0 Å². The second-order valence-corrected chi connectivity index (χ2v) is 4.66. The Morgan fingerprint density at radius 2 is 2.06 bits per heavy atom. The molecule has 0 atom stereocenters. The van der Waals surface area contributed by atoms with Crippen molar-refractivity contribution >= 4 is 5.91 Å². The van der Waals surface area contributed by atoms with Crippen LogP contribution in [0.15, 0.2) is 18.2 Å². The van der Waals surface area contributed by atoms with Crippen molar-refractivity contribution < 1.29 is 9.90 Å². The first-order chi connectivity index (χ1) is 7.37. The van der Waals surface area contributed by atoms with E-state index in [0.717, 1.165) is 6.42 Å². The maximum Gasteiger partial charge on any atom is 0.255 e. The Hall–Kier alpha value is -1.51. The lowest BCUT2D eigenvalue weighted by Crippen LogP contribution is -2.42. The van der Waals surface area contributed by atoms with Gasteiger partial charge < -0.3 is 10.4 Å².